The molecule has 0 spiro atoms. The molecule has 7 nitrogen and oxygen atoms in total. The smallest absolute Gasteiger partial charge is 0.364 e. The lowest BCUT2D eigenvalue weighted by Crippen LogP contribution is -2.07. The van der Waals surface area contributed by atoms with Crippen LogP contribution >= 0.6 is 0 Å². The van der Waals surface area contributed by atoms with Crippen LogP contribution in [0.3, 0.4) is 0 Å². The van der Waals surface area contributed by atoms with Crippen molar-refractivity contribution < 1.29 is 22.2 Å². The third kappa shape index (κ3) is 3.70. The van der Waals surface area contributed by atoms with E-state index >= 15 is 0 Å². The Morgan fingerprint density at radius 1 is 0.774 bits per heavy atom. The van der Waals surface area contributed by atoms with E-state index in [1.165, 1.54) is 12.5 Å². The summed E-state index contributed by atoms with van der Waals surface area (Å²) in [6, 6.07) is 16.7. The summed E-state index contributed by atoms with van der Waals surface area (Å²) in [6.45, 7) is 0. The number of alkyl halides is 3. The molecule has 0 N–H and O–H groups in total. The number of aromatic nitrogens is 5. The molecule has 0 unspecified atom stereocenters. The van der Waals surface area contributed by atoms with E-state index in [0.717, 1.165) is 27.6 Å². The lowest BCUT2D eigenvalue weighted by molar-refractivity contribution is -0.141. The average molecular weight is 423 g/mol. The maximum atomic E-state index is 12.7. The normalized spacial score (nSPS) is 11.7. The molecule has 31 heavy (non-hydrogen) atoms. The molecule has 3 aromatic heterocycles. The summed E-state index contributed by atoms with van der Waals surface area (Å²) < 4.78 is 49.5. The van der Waals surface area contributed by atoms with Crippen LogP contribution in [0.5, 0.6) is 0 Å². The van der Waals surface area contributed by atoms with Crippen LogP contribution in [-0.2, 0) is 6.18 Å². The molecule has 0 amide bonds. The minimum atomic E-state index is -4.49. The monoisotopic (exact) mass is 423 g/mol. The molecule has 0 aliphatic rings. The van der Waals surface area contributed by atoms with Gasteiger partial charge in [-0.05, 0) is 42.5 Å². The standard InChI is InChI=1S/C21H12F3N5O2/c22-21(23,24)18-9-11-29(26-18)16-7-5-14(6-8-16)19-25-20(31-28-19)15-3-1-13(2-4-15)17-10-12-30-27-17/h1-12H. The summed E-state index contributed by atoms with van der Waals surface area (Å²) in [5.74, 6) is 0.700. The molecule has 0 aliphatic carbocycles. The van der Waals surface area contributed by atoms with Gasteiger partial charge in [0, 0.05) is 29.0 Å². The second kappa shape index (κ2) is 7.24. The van der Waals surface area contributed by atoms with Gasteiger partial charge in [0.1, 0.15) is 12.0 Å². The maximum Gasteiger partial charge on any atom is 0.435 e. The topological polar surface area (TPSA) is 82.8 Å². The zero-order valence-corrected chi connectivity index (χ0v) is 15.6. The molecule has 3 heterocycles. The first kappa shape index (κ1) is 18.8. The third-order valence-electron chi connectivity index (χ3n) is 4.56. The average Bonchev–Trinajstić information content (AvgIpc) is 3.55. The minimum absolute atomic E-state index is 0.340. The molecule has 0 saturated carbocycles. The van der Waals surface area contributed by atoms with Crippen LogP contribution in [0.1, 0.15) is 5.69 Å². The van der Waals surface area contributed by atoms with Gasteiger partial charge in [-0.1, -0.05) is 22.4 Å². The quantitative estimate of drug-likeness (QED) is 0.392. The van der Waals surface area contributed by atoms with Gasteiger partial charge in [0.15, 0.2) is 5.69 Å². The van der Waals surface area contributed by atoms with E-state index in [4.69, 9.17) is 9.05 Å². The number of rotatable bonds is 4. The van der Waals surface area contributed by atoms with E-state index < -0.39 is 11.9 Å². The third-order valence-corrected chi connectivity index (χ3v) is 4.56. The summed E-state index contributed by atoms with van der Waals surface area (Å²) >= 11 is 0. The summed E-state index contributed by atoms with van der Waals surface area (Å²) in [5.41, 5.74) is 2.53. The lowest BCUT2D eigenvalue weighted by Gasteiger charge is -2.03. The number of nitrogens with zero attached hydrogens (tertiary/aromatic N) is 5. The van der Waals surface area contributed by atoms with Gasteiger partial charge in [0.25, 0.3) is 5.89 Å². The summed E-state index contributed by atoms with van der Waals surface area (Å²) in [7, 11) is 0. The van der Waals surface area contributed by atoms with Gasteiger partial charge >= 0.3 is 6.18 Å². The van der Waals surface area contributed by atoms with Crippen molar-refractivity contribution in [3.63, 3.8) is 0 Å². The molecule has 0 fully saturated rings. The zero-order chi connectivity index (χ0) is 21.4. The fourth-order valence-electron chi connectivity index (χ4n) is 2.99. The summed E-state index contributed by atoms with van der Waals surface area (Å²) in [5, 5.41) is 11.4. The number of benzene rings is 2. The zero-order valence-electron chi connectivity index (χ0n) is 15.6. The minimum Gasteiger partial charge on any atom is -0.364 e. The highest BCUT2D eigenvalue weighted by molar-refractivity contribution is 5.65. The Hall–Kier alpha value is -4.21. The fraction of sp³-hybridized carbons (Fsp3) is 0.0476. The van der Waals surface area contributed by atoms with Gasteiger partial charge in [-0.2, -0.15) is 23.3 Å². The van der Waals surface area contributed by atoms with Gasteiger partial charge in [0.2, 0.25) is 5.82 Å². The van der Waals surface area contributed by atoms with E-state index in [0.29, 0.717) is 23.0 Å². The van der Waals surface area contributed by atoms with Crippen LogP contribution in [-0.4, -0.2) is 25.1 Å². The van der Waals surface area contributed by atoms with E-state index in [-0.39, 0.29) is 0 Å². The van der Waals surface area contributed by atoms with Crippen molar-refractivity contribution in [1.82, 2.24) is 25.1 Å². The Morgan fingerprint density at radius 2 is 1.48 bits per heavy atom. The molecular formula is C21H12F3N5O2. The van der Waals surface area contributed by atoms with Gasteiger partial charge in [-0.15, -0.1) is 0 Å². The van der Waals surface area contributed by atoms with E-state index in [1.54, 1.807) is 30.3 Å². The van der Waals surface area contributed by atoms with E-state index in [2.05, 4.69) is 20.4 Å². The largest absolute Gasteiger partial charge is 0.435 e. The van der Waals surface area contributed by atoms with Gasteiger partial charge < -0.3 is 9.05 Å². The fourth-order valence-corrected chi connectivity index (χ4v) is 2.99. The van der Waals surface area contributed by atoms with Crippen LogP contribution < -0.4 is 0 Å². The first-order valence-electron chi connectivity index (χ1n) is 9.06. The van der Waals surface area contributed by atoms with Crippen molar-refractivity contribution in [3.8, 4) is 39.8 Å². The van der Waals surface area contributed by atoms with Gasteiger partial charge in [0.05, 0.1) is 5.69 Å². The molecule has 5 rings (SSSR count). The predicted octanol–water partition coefficient (Wildman–Crippen LogP) is 5.26. The van der Waals surface area contributed by atoms with Crippen molar-refractivity contribution in [2.45, 2.75) is 6.18 Å². The molecular weight excluding hydrogens is 411 g/mol. The Kier molecular flexibility index (Phi) is 4.39. The van der Waals surface area contributed by atoms with Crippen molar-refractivity contribution in [3.05, 3.63) is 78.8 Å². The van der Waals surface area contributed by atoms with E-state index in [1.807, 2.05) is 24.3 Å². The van der Waals surface area contributed by atoms with Crippen molar-refractivity contribution in [2.24, 2.45) is 0 Å². The van der Waals surface area contributed by atoms with Crippen LogP contribution in [0.4, 0.5) is 13.2 Å². The second-order valence-corrected chi connectivity index (χ2v) is 6.58. The molecule has 154 valence electrons. The van der Waals surface area contributed by atoms with E-state index in [9.17, 15) is 13.2 Å². The van der Waals surface area contributed by atoms with Crippen LogP contribution in [0, 0.1) is 0 Å². The van der Waals surface area contributed by atoms with Gasteiger partial charge in [-0.25, -0.2) is 4.68 Å². The first-order valence-corrected chi connectivity index (χ1v) is 9.06. The molecule has 10 heteroatoms. The highest BCUT2D eigenvalue weighted by Gasteiger charge is 2.33. The first-order chi connectivity index (χ1) is 15.0. The number of hydrogen-bond donors (Lipinski definition) is 0. The summed E-state index contributed by atoms with van der Waals surface area (Å²) in [6.07, 6.45) is -1.73. The van der Waals surface area contributed by atoms with Crippen molar-refractivity contribution >= 4 is 0 Å². The molecule has 0 aliphatic heterocycles. The highest BCUT2D eigenvalue weighted by Crippen LogP contribution is 2.29. The SMILES string of the molecule is FC(F)(F)c1ccn(-c2ccc(-c3noc(-c4ccc(-c5ccon5)cc4)n3)cc2)n1. The van der Waals surface area contributed by atoms with Crippen LogP contribution in [0.2, 0.25) is 0 Å². The molecule has 5 aromatic rings. The molecule has 0 radical (unpaired) electrons. The Balaban J connectivity index is 1.35. The highest BCUT2D eigenvalue weighted by atomic mass is 19.4. The number of hydrogen-bond acceptors (Lipinski definition) is 6. The molecule has 0 saturated heterocycles. The number of halogens is 3. The van der Waals surface area contributed by atoms with Crippen molar-refractivity contribution in [2.75, 3.05) is 0 Å². The predicted molar refractivity (Wildman–Crippen MR) is 103 cm³/mol. The van der Waals surface area contributed by atoms with Crippen LogP contribution in [0.15, 0.2) is 82.2 Å². The Bertz CT molecular complexity index is 1300. The lowest BCUT2D eigenvalue weighted by atomic mass is 10.1. The van der Waals surface area contributed by atoms with Gasteiger partial charge in [-0.3, -0.25) is 0 Å². The van der Waals surface area contributed by atoms with Crippen molar-refractivity contribution in [1.29, 1.82) is 0 Å². The Labute approximate surface area is 172 Å². The second-order valence-electron chi connectivity index (χ2n) is 6.58. The maximum absolute atomic E-state index is 12.7. The Morgan fingerprint density at radius 3 is 2.13 bits per heavy atom. The summed E-state index contributed by atoms with van der Waals surface area (Å²) in [4.78, 5) is 4.40. The molecule has 0 bridgehead atoms. The molecule has 2 aromatic carbocycles. The molecule has 0 atom stereocenters. The van der Waals surface area contributed by atoms with Crippen LogP contribution in [0.25, 0.3) is 39.8 Å².